The first kappa shape index (κ1) is 10.4. The van der Waals surface area contributed by atoms with Gasteiger partial charge < -0.3 is 0 Å². The third kappa shape index (κ3) is 3.28. The zero-order valence-corrected chi connectivity index (χ0v) is 7.87. The molecule has 1 rings (SSSR count). The molecule has 2 nitrogen and oxygen atoms in total. The van der Waals surface area contributed by atoms with Crippen molar-refractivity contribution in [1.82, 2.24) is 0 Å². The maximum atomic E-state index is 12.9. The van der Waals surface area contributed by atoms with Crippen LogP contribution in [0.4, 0.5) is 8.28 Å². The van der Waals surface area contributed by atoms with Crippen molar-refractivity contribution in [2.75, 3.05) is 0 Å². The van der Waals surface area contributed by atoms with Crippen molar-refractivity contribution in [3.63, 3.8) is 0 Å². The van der Waals surface area contributed by atoms with E-state index in [9.17, 15) is 16.7 Å². The lowest BCUT2D eigenvalue weighted by Crippen LogP contribution is -1.98. The van der Waals surface area contributed by atoms with Gasteiger partial charge in [-0.3, -0.25) is 0 Å². The highest BCUT2D eigenvalue weighted by molar-refractivity contribution is 7.85. The third-order valence-electron chi connectivity index (χ3n) is 1.34. The molecule has 6 heteroatoms. The number of hydrogen-bond acceptors (Lipinski definition) is 2. The maximum absolute atomic E-state index is 12.9. The fourth-order valence-electron chi connectivity index (χ4n) is 0.824. The Balaban J connectivity index is 3.04. The summed E-state index contributed by atoms with van der Waals surface area (Å²) >= 11 is 5.40. The zero-order chi connectivity index (χ0) is 10.1. The van der Waals surface area contributed by atoms with Crippen molar-refractivity contribution in [2.45, 2.75) is 5.75 Å². The average molecular weight is 227 g/mol. The Kier molecular flexibility index (Phi) is 2.87. The molecule has 0 atom stereocenters. The van der Waals surface area contributed by atoms with Gasteiger partial charge in [-0.25, -0.2) is 4.39 Å². The molecule has 72 valence electrons. The van der Waals surface area contributed by atoms with Gasteiger partial charge in [-0.05, 0) is 12.1 Å². The number of halogens is 3. The molecule has 1 aromatic carbocycles. The summed E-state index contributed by atoms with van der Waals surface area (Å²) in [6.07, 6.45) is 0. The van der Waals surface area contributed by atoms with E-state index in [1.165, 1.54) is 6.07 Å². The molecule has 0 saturated heterocycles. The molecule has 0 unspecified atom stereocenters. The lowest BCUT2D eigenvalue weighted by molar-refractivity contribution is 0.547. The molecule has 0 aliphatic heterocycles. The third-order valence-corrected chi connectivity index (χ3v) is 2.23. The predicted molar refractivity (Wildman–Crippen MR) is 45.1 cm³/mol. The summed E-state index contributed by atoms with van der Waals surface area (Å²) in [5.74, 6) is -1.79. The molecule has 0 fully saturated rings. The molecule has 0 radical (unpaired) electrons. The first-order valence-electron chi connectivity index (χ1n) is 3.25. The van der Waals surface area contributed by atoms with E-state index < -0.39 is 21.8 Å². The molecule has 0 aliphatic carbocycles. The van der Waals surface area contributed by atoms with Crippen LogP contribution in [0.15, 0.2) is 18.2 Å². The molecule has 13 heavy (non-hydrogen) atoms. The molecule has 0 amide bonds. The van der Waals surface area contributed by atoms with Gasteiger partial charge in [0.1, 0.15) is 11.6 Å². The maximum Gasteiger partial charge on any atom is 0.306 e. The summed E-state index contributed by atoms with van der Waals surface area (Å²) in [7, 11) is -4.70. The van der Waals surface area contributed by atoms with Crippen LogP contribution in [-0.4, -0.2) is 8.42 Å². The molecule has 0 spiro atoms. The minimum absolute atomic E-state index is 0.137. The first-order chi connectivity index (χ1) is 5.88. The summed E-state index contributed by atoms with van der Waals surface area (Å²) in [6, 6.07) is 3.36. The van der Waals surface area contributed by atoms with E-state index in [4.69, 9.17) is 11.6 Å². The van der Waals surface area contributed by atoms with Gasteiger partial charge >= 0.3 is 10.2 Å². The highest BCUT2D eigenvalue weighted by Gasteiger charge is 2.12. The fraction of sp³-hybridized carbons (Fsp3) is 0.143. The highest BCUT2D eigenvalue weighted by atomic mass is 35.5. The summed E-state index contributed by atoms with van der Waals surface area (Å²) < 4.78 is 45.3. The summed E-state index contributed by atoms with van der Waals surface area (Å²) in [4.78, 5) is 0. The first-order valence-corrected chi connectivity index (χ1v) is 5.18. The van der Waals surface area contributed by atoms with Crippen LogP contribution in [0.1, 0.15) is 5.56 Å². The summed E-state index contributed by atoms with van der Waals surface area (Å²) in [5.41, 5.74) is -0.230. The van der Waals surface area contributed by atoms with Crippen LogP contribution >= 0.6 is 11.6 Å². The Labute approximate surface area is 79.4 Å². The van der Waals surface area contributed by atoms with Crippen LogP contribution in [0.5, 0.6) is 0 Å². The Morgan fingerprint density at radius 1 is 1.38 bits per heavy atom. The van der Waals surface area contributed by atoms with Gasteiger partial charge in [0.15, 0.2) is 0 Å². The van der Waals surface area contributed by atoms with Gasteiger partial charge in [-0.1, -0.05) is 17.7 Å². The van der Waals surface area contributed by atoms with E-state index in [1.807, 2.05) is 0 Å². The van der Waals surface area contributed by atoms with Crippen molar-refractivity contribution in [2.24, 2.45) is 0 Å². The Morgan fingerprint density at radius 3 is 2.46 bits per heavy atom. The van der Waals surface area contributed by atoms with Crippen LogP contribution in [0.2, 0.25) is 5.02 Å². The van der Waals surface area contributed by atoms with Crippen molar-refractivity contribution >= 4 is 21.8 Å². The van der Waals surface area contributed by atoms with Crippen LogP contribution in [0.25, 0.3) is 0 Å². The van der Waals surface area contributed by atoms with Crippen molar-refractivity contribution in [1.29, 1.82) is 0 Å². The van der Waals surface area contributed by atoms with Crippen LogP contribution in [-0.2, 0) is 16.0 Å². The molecule has 0 saturated carbocycles. The van der Waals surface area contributed by atoms with E-state index in [0.29, 0.717) is 0 Å². The fourth-order valence-corrected chi connectivity index (χ4v) is 1.59. The molecule has 1 aromatic rings. The van der Waals surface area contributed by atoms with E-state index >= 15 is 0 Å². The molecule has 0 heterocycles. The molecular formula is C7H5ClF2O2S. The van der Waals surface area contributed by atoms with Gasteiger partial charge in [-0.15, -0.1) is 3.89 Å². The van der Waals surface area contributed by atoms with Crippen LogP contribution < -0.4 is 0 Å². The molecule has 0 aromatic heterocycles. The van der Waals surface area contributed by atoms with Crippen molar-refractivity contribution in [3.8, 4) is 0 Å². The van der Waals surface area contributed by atoms with E-state index in [0.717, 1.165) is 12.1 Å². The topological polar surface area (TPSA) is 34.1 Å². The predicted octanol–water partition coefficient (Wildman–Crippen LogP) is 2.28. The molecule has 0 aliphatic rings. The molecule has 0 N–H and O–H groups in total. The Bertz CT molecular complexity index is 417. The van der Waals surface area contributed by atoms with Crippen molar-refractivity contribution in [3.05, 3.63) is 34.6 Å². The van der Waals surface area contributed by atoms with E-state index in [-0.39, 0.29) is 10.6 Å². The Morgan fingerprint density at radius 2 is 2.00 bits per heavy atom. The molecule has 0 bridgehead atoms. The second-order valence-electron chi connectivity index (χ2n) is 2.42. The standard InChI is InChI=1S/C7H5ClF2O2S/c8-6-2-1-5(7(9)3-6)4-13(10,11)12/h1-3H,4H2. The second-order valence-corrected chi connectivity index (χ2v) is 4.22. The minimum atomic E-state index is -4.70. The van der Waals surface area contributed by atoms with Gasteiger partial charge in [0.25, 0.3) is 0 Å². The van der Waals surface area contributed by atoms with Gasteiger partial charge in [0, 0.05) is 10.6 Å². The highest BCUT2D eigenvalue weighted by Crippen LogP contribution is 2.17. The zero-order valence-electron chi connectivity index (χ0n) is 6.30. The van der Waals surface area contributed by atoms with Gasteiger partial charge in [0.05, 0.1) is 0 Å². The quantitative estimate of drug-likeness (QED) is 0.725. The monoisotopic (exact) mass is 226 g/mol. The largest absolute Gasteiger partial charge is 0.306 e. The summed E-state index contributed by atoms with van der Waals surface area (Å²) in [5, 5.41) is 0.137. The number of rotatable bonds is 2. The number of hydrogen-bond donors (Lipinski definition) is 0. The number of benzene rings is 1. The van der Waals surface area contributed by atoms with Crippen LogP contribution in [0, 0.1) is 5.82 Å². The lowest BCUT2D eigenvalue weighted by atomic mass is 10.2. The van der Waals surface area contributed by atoms with Crippen LogP contribution in [0.3, 0.4) is 0 Å². The average Bonchev–Trinajstić information content (AvgIpc) is 1.93. The second kappa shape index (κ2) is 3.59. The van der Waals surface area contributed by atoms with E-state index in [1.54, 1.807) is 0 Å². The van der Waals surface area contributed by atoms with E-state index in [2.05, 4.69) is 0 Å². The summed E-state index contributed by atoms with van der Waals surface area (Å²) in [6.45, 7) is 0. The smallest absolute Gasteiger partial charge is 0.207 e. The minimum Gasteiger partial charge on any atom is -0.207 e. The Hall–Kier alpha value is -0.680. The SMILES string of the molecule is O=S(=O)(F)Cc1ccc(Cl)cc1F. The normalized spacial score (nSPS) is 11.6. The lowest BCUT2D eigenvalue weighted by Gasteiger charge is -1.99. The molecular weight excluding hydrogens is 222 g/mol. The van der Waals surface area contributed by atoms with Crippen molar-refractivity contribution < 1.29 is 16.7 Å². The van der Waals surface area contributed by atoms with Gasteiger partial charge in [0.2, 0.25) is 0 Å². The van der Waals surface area contributed by atoms with Gasteiger partial charge in [-0.2, -0.15) is 8.42 Å².